The molecule has 5 heteroatoms. The van der Waals surface area contributed by atoms with E-state index in [1.165, 1.54) is 11.3 Å². The molecule has 18 heavy (non-hydrogen) atoms. The molecule has 0 spiro atoms. The molecule has 102 valence electrons. The Morgan fingerprint density at radius 2 is 2.00 bits per heavy atom. The summed E-state index contributed by atoms with van der Waals surface area (Å²) in [6.45, 7) is 8.54. The van der Waals surface area contributed by atoms with Crippen LogP contribution in [0, 0.1) is 19.8 Å². The molecule has 1 aromatic heterocycles. The number of thiazole rings is 1. The van der Waals surface area contributed by atoms with Crippen molar-refractivity contribution < 1.29 is 4.79 Å². The zero-order chi connectivity index (χ0) is 13.7. The standard InChI is InChI=1S/C13H21ClN2OS/c1-5-10(6-2)11(14)7-15-13(17)12-8(3)16-9(4)18-12/h10-11H,5-7H2,1-4H3,(H,15,17). The fourth-order valence-electron chi connectivity index (χ4n) is 1.98. The third kappa shape index (κ3) is 3.95. The summed E-state index contributed by atoms with van der Waals surface area (Å²) in [5, 5.41) is 3.82. The van der Waals surface area contributed by atoms with Gasteiger partial charge in [0.15, 0.2) is 0 Å². The second-order valence-corrected chi connectivity index (χ2v) is 6.21. The van der Waals surface area contributed by atoms with Crippen LogP contribution in [0.5, 0.6) is 0 Å². The van der Waals surface area contributed by atoms with Gasteiger partial charge >= 0.3 is 0 Å². The van der Waals surface area contributed by atoms with E-state index in [2.05, 4.69) is 24.1 Å². The molecule has 0 fully saturated rings. The van der Waals surface area contributed by atoms with Crippen LogP contribution < -0.4 is 5.32 Å². The van der Waals surface area contributed by atoms with Crippen molar-refractivity contribution in [2.75, 3.05) is 6.54 Å². The van der Waals surface area contributed by atoms with Crippen LogP contribution >= 0.6 is 22.9 Å². The van der Waals surface area contributed by atoms with Crippen LogP contribution in [-0.2, 0) is 0 Å². The summed E-state index contributed by atoms with van der Waals surface area (Å²) in [5.74, 6) is 0.394. The highest BCUT2D eigenvalue weighted by Gasteiger charge is 2.18. The lowest BCUT2D eigenvalue weighted by molar-refractivity contribution is 0.0955. The number of carbonyl (C=O) groups excluding carboxylic acids is 1. The van der Waals surface area contributed by atoms with Crippen LogP contribution in [0.3, 0.4) is 0 Å². The van der Waals surface area contributed by atoms with Gasteiger partial charge in [0, 0.05) is 6.54 Å². The van der Waals surface area contributed by atoms with Gasteiger partial charge in [-0.1, -0.05) is 26.7 Å². The van der Waals surface area contributed by atoms with E-state index in [9.17, 15) is 4.79 Å². The first kappa shape index (κ1) is 15.4. The minimum atomic E-state index is -0.0605. The highest BCUT2D eigenvalue weighted by molar-refractivity contribution is 7.13. The van der Waals surface area contributed by atoms with E-state index >= 15 is 0 Å². The molecule has 1 N–H and O–H groups in total. The van der Waals surface area contributed by atoms with E-state index in [0.29, 0.717) is 17.3 Å². The summed E-state index contributed by atoms with van der Waals surface area (Å²) < 4.78 is 0. The van der Waals surface area contributed by atoms with Crippen molar-refractivity contribution in [2.45, 2.75) is 45.9 Å². The first-order valence-electron chi connectivity index (χ1n) is 6.35. The van der Waals surface area contributed by atoms with Crippen molar-refractivity contribution in [3.05, 3.63) is 15.6 Å². The van der Waals surface area contributed by atoms with Crippen LogP contribution in [-0.4, -0.2) is 22.8 Å². The number of halogens is 1. The van der Waals surface area contributed by atoms with Gasteiger partial charge in [-0.15, -0.1) is 22.9 Å². The number of nitrogens with zero attached hydrogens (tertiary/aromatic N) is 1. The molecule has 0 radical (unpaired) electrons. The van der Waals surface area contributed by atoms with Crippen molar-refractivity contribution in [1.29, 1.82) is 0 Å². The molecule has 1 atom stereocenters. The van der Waals surface area contributed by atoms with Gasteiger partial charge in [0.05, 0.1) is 16.1 Å². The van der Waals surface area contributed by atoms with E-state index in [-0.39, 0.29) is 11.3 Å². The first-order chi connectivity index (χ1) is 8.49. The maximum Gasteiger partial charge on any atom is 0.263 e. The molecule has 1 rings (SSSR count). The van der Waals surface area contributed by atoms with Crippen molar-refractivity contribution in [2.24, 2.45) is 5.92 Å². The first-order valence-corrected chi connectivity index (χ1v) is 7.61. The number of amides is 1. The highest BCUT2D eigenvalue weighted by atomic mass is 35.5. The monoisotopic (exact) mass is 288 g/mol. The zero-order valence-electron chi connectivity index (χ0n) is 11.4. The maximum atomic E-state index is 12.0. The Kier molecular flexibility index (Phi) is 6.09. The molecule has 1 unspecified atom stereocenters. The SMILES string of the molecule is CCC(CC)C(Cl)CNC(=O)c1sc(C)nc1C. The van der Waals surface area contributed by atoms with Gasteiger partial charge < -0.3 is 5.32 Å². The smallest absolute Gasteiger partial charge is 0.263 e. The van der Waals surface area contributed by atoms with Crippen molar-refractivity contribution in [3.8, 4) is 0 Å². The molecule has 0 saturated carbocycles. The van der Waals surface area contributed by atoms with E-state index in [4.69, 9.17) is 11.6 Å². The quantitative estimate of drug-likeness (QED) is 0.814. The molecule has 1 amide bonds. The summed E-state index contributed by atoms with van der Waals surface area (Å²) in [6.07, 6.45) is 2.08. The summed E-state index contributed by atoms with van der Waals surface area (Å²) in [6, 6.07) is 0. The van der Waals surface area contributed by atoms with Crippen LogP contribution in [0.25, 0.3) is 0 Å². The third-order valence-electron chi connectivity index (χ3n) is 3.13. The molecule has 0 aliphatic carbocycles. The number of carbonyl (C=O) groups is 1. The Bertz CT molecular complexity index is 402. The Morgan fingerprint density at radius 1 is 1.39 bits per heavy atom. The average molecular weight is 289 g/mol. The third-order valence-corrected chi connectivity index (χ3v) is 4.71. The van der Waals surface area contributed by atoms with E-state index in [1.54, 1.807) is 0 Å². The van der Waals surface area contributed by atoms with E-state index < -0.39 is 0 Å². The number of nitrogens with one attached hydrogen (secondary N) is 1. The summed E-state index contributed by atoms with van der Waals surface area (Å²) in [7, 11) is 0. The molecule has 3 nitrogen and oxygen atoms in total. The number of aryl methyl sites for hydroxylation is 2. The molecular formula is C13H21ClN2OS. The van der Waals surface area contributed by atoms with Gasteiger partial charge in [-0.25, -0.2) is 4.98 Å². The van der Waals surface area contributed by atoms with Crippen molar-refractivity contribution in [1.82, 2.24) is 10.3 Å². The minimum Gasteiger partial charge on any atom is -0.350 e. The van der Waals surface area contributed by atoms with Gasteiger partial charge in [-0.05, 0) is 19.8 Å². The number of hydrogen-bond acceptors (Lipinski definition) is 3. The van der Waals surface area contributed by atoms with Gasteiger partial charge in [0.2, 0.25) is 0 Å². The summed E-state index contributed by atoms with van der Waals surface area (Å²) in [5.41, 5.74) is 0.795. The Hall–Kier alpha value is -0.610. The summed E-state index contributed by atoms with van der Waals surface area (Å²) in [4.78, 5) is 16.9. The van der Waals surface area contributed by atoms with E-state index in [0.717, 1.165) is 23.5 Å². The molecule has 1 aromatic rings. The molecule has 0 aliphatic heterocycles. The maximum absolute atomic E-state index is 12.0. The van der Waals surface area contributed by atoms with Crippen molar-refractivity contribution in [3.63, 3.8) is 0 Å². The fourth-order valence-corrected chi connectivity index (χ4v) is 3.25. The number of alkyl halides is 1. The molecule has 1 heterocycles. The largest absolute Gasteiger partial charge is 0.350 e. The molecular weight excluding hydrogens is 268 g/mol. The van der Waals surface area contributed by atoms with Gasteiger partial charge in [-0.2, -0.15) is 0 Å². The second kappa shape index (κ2) is 7.10. The molecule has 0 aliphatic rings. The van der Waals surface area contributed by atoms with Crippen LogP contribution in [0.1, 0.15) is 47.1 Å². The van der Waals surface area contributed by atoms with Crippen LogP contribution in [0.15, 0.2) is 0 Å². The number of rotatable bonds is 6. The lowest BCUT2D eigenvalue weighted by Crippen LogP contribution is -2.33. The topological polar surface area (TPSA) is 42.0 Å². The minimum absolute atomic E-state index is 0.00160. The normalized spacial score (nSPS) is 12.8. The predicted octanol–water partition coefficient (Wildman–Crippen LogP) is 3.53. The average Bonchev–Trinajstić information content (AvgIpc) is 2.67. The predicted molar refractivity (Wildman–Crippen MR) is 77.6 cm³/mol. The number of hydrogen-bond donors (Lipinski definition) is 1. The Labute approximate surface area is 118 Å². The Balaban J connectivity index is 2.53. The number of aromatic nitrogens is 1. The van der Waals surface area contributed by atoms with Gasteiger partial charge in [0.1, 0.15) is 4.88 Å². The molecule has 0 bridgehead atoms. The van der Waals surface area contributed by atoms with Gasteiger partial charge in [0.25, 0.3) is 5.91 Å². The highest BCUT2D eigenvalue weighted by Crippen LogP contribution is 2.19. The Morgan fingerprint density at radius 3 is 2.44 bits per heavy atom. The lowest BCUT2D eigenvalue weighted by Gasteiger charge is -2.19. The molecule has 0 saturated heterocycles. The fraction of sp³-hybridized carbons (Fsp3) is 0.692. The van der Waals surface area contributed by atoms with Crippen molar-refractivity contribution >= 4 is 28.8 Å². The summed E-state index contributed by atoms with van der Waals surface area (Å²) >= 11 is 7.72. The van der Waals surface area contributed by atoms with E-state index in [1.807, 2.05) is 13.8 Å². The second-order valence-electron chi connectivity index (χ2n) is 4.45. The lowest BCUT2D eigenvalue weighted by atomic mass is 9.99. The van der Waals surface area contributed by atoms with Crippen LogP contribution in [0.2, 0.25) is 0 Å². The van der Waals surface area contributed by atoms with Gasteiger partial charge in [-0.3, -0.25) is 4.79 Å². The zero-order valence-corrected chi connectivity index (χ0v) is 13.0. The molecule has 0 aromatic carbocycles. The van der Waals surface area contributed by atoms with Crippen LogP contribution in [0.4, 0.5) is 0 Å².